The van der Waals surface area contributed by atoms with Crippen molar-refractivity contribution in [1.82, 2.24) is 5.32 Å². The van der Waals surface area contributed by atoms with Crippen LogP contribution in [0.25, 0.3) is 0 Å². The highest BCUT2D eigenvalue weighted by molar-refractivity contribution is 7.92. The molecule has 0 aliphatic heterocycles. The normalized spacial score (nSPS) is 12.2. The van der Waals surface area contributed by atoms with Crippen LogP contribution in [0.4, 0.5) is 5.69 Å². The van der Waals surface area contributed by atoms with Gasteiger partial charge < -0.3 is 10.1 Å². The maximum absolute atomic E-state index is 12.5. The highest BCUT2D eigenvalue weighted by atomic mass is 32.2. The van der Waals surface area contributed by atoms with Crippen molar-refractivity contribution in [3.8, 4) is 5.75 Å². The van der Waals surface area contributed by atoms with Gasteiger partial charge in [-0.1, -0.05) is 12.1 Å². The molecule has 0 radical (unpaired) electrons. The van der Waals surface area contributed by atoms with E-state index in [0.717, 1.165) is 29.8 Å². The Morgan fingerprint density at radius 1 is 1.23 bits per heavy atom. The van der Waals surface area contributed by atoms with E-state index in [4.69, 9.17) is 4.74 Å². The number of amides is 1. The zero-order valence-electron chi connectivity index (χ0n) is 14.2. The number of hydrogen-bond acceptors (Lipinski definition) is 6. The standard InChI is InChI=1S/C17H18N2O6S/c1-12(17(20)18-11-13-4-3-5-15(10-13)25-2)26(23,24)16-8-6-14(7-9-16)19(21)22/h3-10,12H,11H2,1-2H3,(H,18,20). The molecular formula is C17H18N2O6S. The molecule has 0 heterocycles. The number of hydrogen-bond donors (Lipinski definition) is 1. The number of carbonyl (C=O) groups is 1. The fourth-order valence-electron chi connectivity index (χ4n) is 2.22. The second-order valence-electron chi connectivity index (χ2n) is 5.51. The fraction of sp³-hybridized carbons (Fsp3) is 0.235. The molecule has 1 unspecified atom stereocenters. The van der Waals surface area contributed by atoms with E-state index in [9.17, 15) is 23.3 Å². The molecule has 26 heavy (non-hydrogen) atoms. The summed E-state index contributed by atoms with van der Waals surface area (Å²) in [5.41, 5.74) is 0.539. The first-order chi connectivity index (χ1) is 12.3. The van der Waals surface area contributed by atoms with Crippen molar-refractivity contribution in [2.24, 2.45) is 0 Å². The number of nitrogens with zero attached hydrogens (tertiary/aromatic N) is 1. The summed E-state index contributed by atoms with van der Waals surface area (Å²) in [6, 6.07) is 11.5. The number of sulfone groups is 1. The van der Waals surface area contributed by atoms with Gasteiger partial charge in [0.05, 0.1) is 16.9 Å². The number of methoxy groups -OCH3 is 1. The number of rotatable bonds is 7. The molecule has 0 spiro atoms. The molecular weight excluding hydrogens is 360 g/mol. The van der Waals surface area contributed by atoms with Crippen molar-refractivity contribution < 1.29 is 22.9 Å². The molecule has 2 rings (SSSR count). The molecule has 2 aromatic rings. The van der Waals surface area contributed by atoms with Gasteiger partial charge in [-0.3, -0.25) is 14.9 Å². The largest absolute Gasteiger partial charge is 0.497 e. The van der Waals surface area contributed by atoms with Crippen molar-refractivity contribution in [3.05, 3.63) is 64.2 Å². The summed E-state index contributed by atoms with van der Waals surface area (Å²) in [6.45, 7) is 1.42. The summed E-state index contributed by atoms with van der Waals surface area (Å²) < 4.78 is 30.1. The van der Waals surface area contributed by atoms with Crippen LogP contribution in [0.2, 0.25) is 0 Å². The lowest BCUT2D eigenvalue weighted by Gasteiger charge is -2.13. The van der Waals surface area contributed by atoms with E-state index in [-0.39, 0.29) is 17.1 Å². The summed E-state index contributed by atoms with van der Waals surface area (Å²) in [5.74, 6) is -0.0329. The van der Waals surface area contributed by atoms with Gasteiger partial charge in [0.25, 0.3) is 5.69 Å². The topological polar surface area (TPSA) is 116 Å². The average Bonchev–Trinajstić information content (AvgIpc) is 2.65. The Bertz CT molecular complexity index is 909. The smallest absolute Gasteiger partial charge is 0.269 e. The molecule has 1 atom stereocenters. The zero-order chi connectivity index (χ0) is 19.3. The Labute approximate surface area is 150 Å². The molecule has 138 valence electrons. The summed E-state index contributed by atoms with van der Waals surface area (Å²) in [7, 11) is -2.43. The van der Waals surface area contributed by atoms with Gasteiger partial charge in [-0.15, -0.1) is 0 Å². The third-order valence-electron chi connectivity index (χ3n) is 3.81. The second-order valence-corrected chi connectivity index (χ2v) is 7.78. The minimum atomic E-state index is -3.96. The Morgan fingerprint density at radius 3 is 2.46 bits per heavy atom. The van der Waals surface area contributed by atoms with Crippen molar-refractivity contribution in [3.63, 3.8) is 0 Å². The molecule has 1 amide bonds. The number of carbonyl (C=O) groups excluding carboxylic acids is 1. The predicted molar refractivity (Wildman–Crippen MR) is 94.6 cm³/mol. The molecule has 0 fully saturated rings. The maximum Gasteiger partial charge on any atom is 0.269 e. The van der Waals surface area contributed by atoms with E-state index in [2.05, 4.69) is 5.32 Å². The Hall–Kier alpha value is -2.94. The van der Waals surface area contributed by atoms with E-state index < -0.39 is 25.9 Å². The van der Waals surface area contributed by atoms with Gasteiger partial charge in [0.2, 0.25) is 5.91 Å². The maximum atomic E-state index is 12.5. The lowest BCUT2D eigenvalue weighted by Crippen LogP contribution is -2.37. The average molecular weight is 378 g/mol. The lowest BCUT2D eigenvalue weighted by molar-refractivity contribution is -0.384. The summed E-state index contributed by atoms with van der Waals surface area (Å²) in [4.78, 5) is 22.1. The van der Waals surface area contributed by atoms with Crippen LogP contribution in [0, 0.1) is 10.1 Å². The highest BCUT2D eigenvalue weighted by Gasteiger charge is 2.30. The molecule has 0 saturated heterocycles. The van der Waals surface area contributed by atoms with Gasteiger partial charge in [-0.25, -0.2) is 8.42 Å². The van der Waals surface area contributed by atoms with Crippen LogP contribution >= 0.6 is 0 Å². The predicted octanol–water partition coefficient (Wildman–Crippen LogP) is 2.08. The summed E-state index contributed by atoms with van der Waals surface area (Å²) in [5, 5.41) is 11.9. The third kappa shape index (κ3) is 4.37. The SMILES string of the molecule is COc1cccc(CNC(=O)C(C)S(=O)(=O)c2ccc([N+](=O)[O-])cc2)c1. The number of nitro groups is 1. The van der Waals surface area contributed by atoms with E-state index in [1.807, 2.05) is 0 Å². The molecule has 2 aromatic carbocycles. The summed E-state index contributed by atoms with van der Waals surface area (Å²) in [6.07, 6.45) is 0. The van der Waals surface area contributed by atoms with Gasteiger partial charge in [-0.05, 0) is 36.8 Å². The van der Waals surface area contributed by atoms with Gasteiger partial charge in [0.1, 0.15) is 11.0 Å². The summed E-state index contributed by atoms with van der Waals surface area (Å²) >= 11 is 0. The van der Waals surface area contributed by atoms with Crippen molar-refractivity contribution in [2.75, 3.05) is 7.11 Å². The zero-order valence-corrected chi connectivity index (χ0v) is 15.0. The molecule has 0 saturated carbocycles. The molecule has 0 aliphatic carbocycles. The number of ether oxygens (including phenoxy) is 1. The lowest BCUT2D eigenvalue weighted by atomic mass is 10.2. The highest BCUT2D eigenvalue weighted by Crippen LogP contribution is 2.20. The van der Waals surface area contributed by atoms with E-state index >= 15 is 0 Å². The number of benzene rings is 2. The molecule has 1 N–H and O–H groups in total. The molecule has 9 heteroatoms. The number of non-ortho nitro benzene ring substituents is 1. The molecule has 0 aliphatic rings. The van der Waals surface area contributed by atoms with Crippen molar-refractivity contribution in [1.29, 1.82) is 0 Å². The first-order valence-electron chi connectivity index (χ1n) is 7.64. The third-order valence-corrected chi connectivity index (χ3v) is 5.89. The fourth-order valence-corrected chi connectivity index (χ4v) is 3.51. The monoisotopic (exact) mass is 378 g/mol. The van der Waals surface area contributed by atoms with Gasteiger partial charge in [0, 0.05) is 18.7 Å². The van der Waals surface area contributed by atoms with Gasteiger partial charge >= 0.3 is 0 Å². The van der Waals surface area contributed by atoms with Crippen LogP contribution in [-0.4, -0.2) is 31.6 Å². The first kappa shape index (κ1) is 19.4. The van der Waals surface area contributed by atoms with Crippen molar-refractivity contribution >= 4 is 21.4 Å². The first-order valence-corrected chi connectivity index (χ1v) is 9.19. The molecule has 8 nitrogen and oxygen atoms in total. The van der Waals surface area contributed by atoms with Crippen LogP contribution in [0.5, 0.6) is 5.75 Å². The van der Waals surface area contributed by atoms with Gasteiger partial charge in [-0.2, -0.15) is 0 Å². The minimum Gasteiger partial charge on any atom is -0.497 e. The second kappa shape index (κ2) is 7.96. The van der Waals surface area contributed by atoms with Crippen LogP contribution in [0.1, 0.15) is 12.5 Å². The molecule has 0 bridgehead atoms. The molecule has 0 aromatic heterocycles. The van der Waals surface area contributed by atoms with Crippen LogP contribution in [0.15, 0.2) is 53.4 Å². The number of nitro benzene ring substituents is 1. The number of nitrogens with one attached hydrogen (secondary N) is 1. The Kier molecular flexibility index (Phi) is 5.93. The van der Waals surface area contributed by atoms with E-state index in [1.54, 1.807) is 24.3 Å². The Balaban J connectivity index is 2.09. The van der Waals surface area contributed by atoms with Crippen LogP contribution in [-0.2, 0) is 21.2 Å². The van der Waals surface area contributed by atoms with Crippen molar-refractivity contribution in [2.45, 2.75) is 23.6 Å². The Morgan fingerprint density at radius 2 is 1.88 bits per heavy atom. The van der Waals surface area contributed by atoms with E-state index in [0.29, 0.717) is 5.75 Å². The van der Waals surface area contributed by atoms with E-state index in [1.165, 1.54) is 14.0 Å². The van der Waals surface area contributed by atoms with Gasteiger partial charge in [0.15, 0.2) is 9.84 Å². The van der Waals surface area contributed by atoms with Crippen LogP contribution < -0.4 is 10.1 Å². The quantitative estimate of drug-likeness (QED) is 0.582. The van der Waals surface area contributed by atoms with Crippen LogP contribution in [0.3, 0.4) is 0 Å². The minimum absolute atomic E-state index is 0.146.